The van der Waals surface area contributed by atoms with E-state index in [1.807, 2.05) is 0 Å². The van der Waals surface area contributed by atoms with Gasteiger partial charge >= 0.3 is 5.97 Å². The van der Waals surface area contributed by atoms with E-state index >= 15 is 0 Å². The molecule has 0 bridgehead atoms. The molecule has 0 aromatic heterocycles. The molecular formula is C33H46O3. The fourth-order valence-electron chi connectivity index (χ4n) is 5.62. The van der Waals surface area contributed by atoms with Crippen LogP contribution in [0.25, 0.3) is 11.1 Å². The average molecular weight is 491 g/mol. The molecule has 2 aromatic rings. The summed E-state index contributed by atoms with van der Waals surface area (Å²) >= 11 is 0. The first-order valence-corrected chi connectivity index (χ1v) is 14.1. The number of benzene rings is 2. The summed E-state index contributed by atoms with van der Waals surface area (Å²) in [5.74, 6) is 1.23. The molecule has 196 valence electrons. The first-order valence-electron chi connectivity index (χ1n) is 14.1. The molecule has 3 heteroatoms. The Labute approximate surface area is 219 Å². The Hall–Kier alpha value is -2.39. The van der Waals surface area contributed by atoms with Gasteiger partial charge in [0, 0.05) is 12.2 Å². The van der Waals surface area contributed by atoms with E-state index in [1.54, 1.807) is 6.92 Å². The lowest BCUT2D eigenvalue weighted by Crippen LogP contribution is -2.13. The van der Waals surface area contributed by atoms with Gasteiger partial charge in [-0.3, -0.25) is 0 Å². The summed E-state index contributed by atoms with van der Waals surface area (Å²) in [6.45, 7) is 10.3. The molecule has 0 heterocycles. The normalized spacial score (nSPS) is 17.7. The van der Waals surface area contributed by atoms with Gasteiger partial charge in [0.05, 0.1) is 0 Å². The number of hydrogen-bond donors (Lipinski definition) is 1. The fraction of sp³-hybridized carbons (Fsp3) is 0.545. The standard InChI is InChI=1S/C33H46O3/c1-5-7-8-10-25-12-15-28(16-13-25)29-17-19-31(27(6-2)22-29)32-18-14-26(11-9-20-34)21-30(32)23-36-33(35)24(3)4/h14,17-19,21-22,25,28,34H,3,5-13,15-16,20,23H2,1-2,4H3. The van der Waals surface area contributed by atoms with E-state index in [2.05, 4.69) is 56.8 Å². The van der Waals surface area contributed by atoms with Gasteiger partial charge in [0.1, 0.15) is 6.61 Å². The maximum atomic E-state index is 12.1. The van der Waals surface area contributed by atoms with Crippen LogP contribution in [0.2, 0.25) is 0 Å². The number of carbonyl (C=O) groups excluding carboxylic acids is 1. The van der Waals surface area contributed by atoms with Crippen molar-refractivity contribution in [3.63, 3.8) is 0 Å². The number of aliphatic hydroxyl groups excluding tert-OH is 1. The Morgan fingerprint density at radius 3 is 2.36 bits per heavy atom. The number of aryl methyl sites for hydroxylation is 2. The van der Waals surface area contributed by atoms with Crippen molar-refractivity contribution in [2.24, 2.45) is 5.92 Å². The molecule has 3 nitrogen and oxygen atoms in total. The minimum atomic E-state index is -0.363. The van der Waals surface area contributed by atoms with Crippen LogP contribution in [-0.4, -0.2) is 17.7 Å². The topological polar surface area (TPSA) is 46.5 Å². The first-order chi connectivity index (χ1) is 17.5. The molecule has 0 aliphatic heterocycles. The fourth-order valence-corrected chi connectivity index (χ4v) is 5.62. The molecule has 1 N–H and O–H groups in total. The quantitative estimate of drug-likeness (QED) is 0.174. The van der Waals surface area contributed by atoms with E-state index in [9.17, 15) is 9.90 Å². The van der Waals surface area contributed by atoms with Gasteiger partial charge in [0.25, 0.3) is 0 Å². The van der Waals surface area contributed by atoms with Gasteiger partial charge < -0.3 is 9.84 Å². The number of esters is 1. The van der Waals surface area contributed by atoms with E-state index < -0.39 is 0 Å². The molecule has 0 radical (unpaired) electrons. The predicted octanol–water partition coefficient (Wildman–Crippen LogP) is 8.31. The molecule has 0 amide bonds. The molecule has 1 fully saturated rings. The molecular weight excluding hydrogens is 444 g/mol. The molecule has 0 atom stereocenters. The zero-order valence-electron chi connectivity index (χ0n) is 22.8. The smallest absolute Gasteiger partial charge is 0.333 e. The van der Waals surface area contributed by atoms with Crippen LogP contribution in [0.15, 0.2) is 48.6 Å². The number of hydrogen-bond acceptors (Lipinski definition) is 3. The summed E-state index contributed by atoms with van der Waals surface area (Å²) in [6.07, 6.45) is 13.3. The van der Waals surface area contributed by atoms with Gasteiger partial charge in [-0.1, -0.05) is 82.5 Å². The Kier molecular flexibility index (Phi) is 11.3. The molecule has 1 aliphatic carbocycles. The first kappa shape index (κ1) is 28.2. The molecule has 3 rings (SSSR count). The van der Waals surface area contributed by atoms with E-state index in [-0.39, 0.29) is 19.2 Å². The molecule has 0 spiro atoms. The second-order valence-corrected chi connectivity index (χ2v) is 10.7. The SMILES string of the molecule is C=C(C)C(=O)OCc1cc(CCCO)ccc1-c1ccc(C2CCC(CCCCC)CC2)cc1CC. The van der Waals surface area contributed by atoms with Crippen LogP contribution in [0, 0.1) is 5.92 Å². The second kappa shape index (κ2) is 14.4. The summed E-state index contributed by atoms with van der Waals surface area (Å²) < 4.78 is 5.56. The number of aliphatic hydroxyl groups is 1. The van der Waals surface area contributed by atoms with Gasteiger partial charge in [-0.05, 0) is 97.1 Å². The third-order valence-corrected chi connectivity index (χ3v) is 7.83. The monoisotopic (exact) mass is 490 g/mol. The van der Waals surface area contributed by atoms with Crippen molar-refractivity contribution >= 4 is 5.97 Å². The van der Waals surface area contributed by atoms with E-state index in [0.717, 1.165) is 41.9 Å². The third-order valence-electron chi connectivity index (χ3n) is 7.83. The highest BCUT2D eigenvalue weighted by atomic mass is 16.5. The van der Waals surface area contributed by atoms with E-state index in [1.165, 1.54) is 68.1 Å². The van der Waals surface area contributed by atoms with Gasteiger partial charge in [-0.2, -0.15) is 0 Å². The van der Waals surface area contributed by atoms with Crippen molar-refractivity contribution < 1.29 is 14.6 Å². The van der Waals surface area contributed by atoms with Crippen LogP contribution in [0.3, 0.4) is 0 Å². The summed E-state index contributed by atoms with van der Waals surface area (Å²) in [7, 11) is 0. The predicted molar refractivity (Wildman–Crippen MR) is 150 cm³/mol. The second-order valence-electron chi connectivity index (χ2n) is 10.7. The molecule has 0 saturated heterocycles. The molecule has 36 heavy (non-hydrogen) atoms. The summed E-state index contributed by atoms with van der Waals surface area (Å²) in [4.78, 5) is 12.1. The number of unbranched alkanes of at least 4 members (excludes halogenated alkanes) is 2. The van der Waals surface area contributed by atoms with Crippen molar-refractivity contribution in [1.82, 2.24) is 0 Å². The van der Waals surface area contributed by atoms with Crippen LogP contribution >= 0.6 is 0 Å². The summed E-state index contributed by atoms with van der Waals surface area (Å²) in [6, 6.07) is 13.5. The maximum absolute atomic E-state index is 12.1. The lowest BCUT2D eigenvalue weighted by Gasteiger charge is -2.29. The minimum absolute atomic E-state index is 0.170. The largest absolute Gasteiger partial charge is 0.457 e. The highest BCUT2D eigenvalue weighted by Gasteiger charge is 2.23. The lowest BCUT2D eigenvalue weighted by atomic mass is 9.76. The van der Waals surface area contributed by atoms with Crippen LogP contribution in [0.4, 0.5) is 0 Å². The summed E-state index contributed by atoms with van der Waals surface area (Å²) in [5.41, 5.74) is 7.76. The van der Waals surface area contributed by atoms with Crippen LogP contribution in [-0.2, 0) is 29.0 Å². The highest BCUT2D eigenvalue weighted by Crippen LogP contribution is 2.39. The minimum Gasteiger partial charge on any atom is -0.457 e. The van der Waals surface area contributed by atoms with Crippen molar-refractivity contribution in [2.75, 3.05) is 6.61 Å². The number of rotatable bonds is 13. The van der Waals surface area contributed by atoms with Gasteiger partial charge in [-0.15, -0.1) is 0 Å². The van der Waals surface area contributed by atoms with Crippen LogP contribution in [0.1, 0.15) is 107 Å². The molecule has 1 saturated carbocycles. The van der Waals surface area contributed by atoms with Crippen molar-refractivity contribution in [2.45, 2.75) is 104 Å². The van der Waals surface area contributed by atoms with Gasteiger partial charge in [0.2, 0.25) is 0 Å². The maximum Gasteiger partial charge on any atom is 0.333 e. The summed E-state index contributed by atoms with van der Waals surface area (Å²) in [5, 5.41) is 9.25. The Morgan fingerprint density at radius 1 is 0.972 bits per heavy atom. The number of ether oxygens (including phenoxy) is 1. The van der Waals surface area contributed by atoms with Crippen molar-refractivity contribution in [3.05, 3.63) is 70.8 Å². The molecule has 2 aromatic carbocycles. The van der Waals surface area contributed by atoms with Crippen molar-refractivity contribution in [3.8, 4) is 11.1 Å². The molecule has 1 aliphatic rings. The van der Waals surface area contributed by atoms with Gasteiger partial charge in [0.15, 0.2) is 0 Å². The lowest BCUT2D eigenvalue weighted by molar-refractivity contribution is -0.140. The Balaban J connectivity index is 1.81. The van der Waals surface area contributed by atoms with E-state index in [0.29, 0.717) is 11.5 Å². The van der Waals surface area contributed by atoms with Crippen LogP contribution < -0.4 is 0 Å². The average Bonchev–Trinajstić information content (AvgIpc) is 2.90. The van der Waals surface area contributed by atoms with Crippen LogP contribution in [0.5, 0.6) is 0 Å². The Bertz CT molecular complexity index is 998. The van der Waals surface area contributed by atoms with E-state index in [4.69, 9.17) is 4.74 Å². The third kappa shape index (κ3) is 7.80. The zero-order chi connectivity index (χ0) is 25.9. The zero-order valence-corrected chi connectivity index (χ0v) is 22.8. The molecule has 0 unspecified atom stereocenters. The Morgan fingerprint density at radius 2 is 1.69 bits per heavy atom. The highest BCUT2D eigenvalue weighted by molar-refractivity contribution is 5.87. The van der Waals surface area contributed by atoms with Crippen molar-refractivity contribution in [1.29, 1.82) is 0 Å². The van der Waals surface area contributed by atoms with Gasteiger partial charge in [-0.25, -0.2) is 4.79 Å². The number of carbonyl (C=O) groups is 1.